The molecule has 15 heteroatoms. The largest absolute Gasteiger partial charge is 0.480 e. The molecule has 1 aliphatic carbocycles. The van der Waals surface area contributed by atoms with Gasteiger partial charge in [-0.15, -0.1) is 37.2 Å². The van der Waals surface area contributed by atoms with Gasteiger partial charge in [0.05, 0.1) is 62.2 Å². The molecule has 0 aromatic rings. The third kappa shape index (κ3) is 9.33. The molecule has 0 amide bonds. The molecule has 0 heterocycles. The van der Waals surface area contributed by atoms with Gasteiger partial charge in [0.1, 0.15) is 0 Å². The van der Waals surface area contributed by atoms with Crippen LogP contribution < -0.4 is 16.0 Å². The zero-order valence-corrected chi connectivity index (χ0v) is 17.0. The lowest BCUT2D eigenvalue weighted by molar-refractivity contribution is -0.138. The summed E-state index contributed by atoms with van der Waals surface area (Å²) in [5.74, 6) is -2.47. The third-order valence-electron chi connectivity index (χ3n) is 3.99. The normalized spacial score (nSPS) is 30.2. The number of carboxylic acids is 2. The smallest absolute Gasteiger partial charge is 0.317 e. The molecule has 0 saturated heterocycles. The van der Waals surface area contributed by atoms with Crippen LogP contribution in [0.5, 0.6) is 0 Å². The van der Waals surface area contributed by atoms with Gasteiger partial charge in [0.25, 0.3) is 0 Å². The standard InChI is InChI=1S/C13H25N3O9.3ClH/c17-4-5(18)1-14-8-11(23)9(15-2-6(19)20)13(25)10(12(8)24)16-3-7(21)22;;;/h5,8-18,23-25H,1-4H2,(H,19,20)(H,21,22);3*1H/t5?,8-,9+,10-,11+,12-,13+;;;. The molecule has 1 unspecified atom stereocenters. The molecular formula is C13H28Cl3N3O9. The summed E-state index contributed by atoms with van der Waals surface area (Å²) in [6.07, 6.45) is -5.54. The minimum atomic E-state index is -1.48. The van der Waals surface area contributed by atoms with Crippen molar-refractivity contribution in [2.45, 2.75) is 42.5 Å². The van der Waals surface area contributed by atoms with E-state index in [0.29, 0.717) is 0 Å². The molecule has 1 saturated carbocycles. The van der Waals surface area contributed by atoms with Gasteiger partial charge >= 0.3 is 11.9 Å². The fourth-order valence-corrected chi connectivity index (χ4v) is 2.75. The zero-order chi connectivity index (χ0) is 19.1. The Hall–Kier alpha value is -0.510. The quantitative estimate of drug-likeness (QED) is 0.145. The Bertz CT molecular complexity index is 434. The molecule has 7 atom stereocenters. The number of aliphatic hydroxyl groups excluding tert-OH is 5. The molecular weight excluding hydrogens is 449 g/mol. The van der Waals surface area contributed by atoms with E-state index in [1.807, 2.05) is 0 Å². The van der Waals surface area contributed by atoms with E-state index in [2.05, 4.69) is 16.0 Å². The number of halogens is 3. The molecule has 0 radical (unpaired) electrons. The van der Waals surface area contributed by atoms with Gasteiger partial charge in [-0.05, 0) is 0 Å². The number of carbonyl (C=O) groups is 2. The first-order valence-electron chi connectivity index (χ1n) is 7.65. The third-order valence-corrected chi connectivity index (χ3v) is 3.99. The van der Waals surface area contributed by atoms with Gasteiger partial charge < -0.3 is 41.1 Å². The van der Waals surface area contributed by atoms with Crippen molar-refractivity contribution in [2.75, 3.05) is 26.2 Å². The summed E-state index contributed by atoms with van der Waals surface area (Å²) >= 11 is 0. The van der Waals surface area contributed by atoms with Crippen LogP contribution in [0.2, 0.25) is 0 Å². The highest BCUT2D eigenvalue weighted by atomic mass is 35.5. The van der Waals surface area contributed by atoms with E-state index < -0.39 is 74.2 Å². The van der Waals surface area contributed by atoms with Crippen molar-refractivity contribution in [3.05, 3.63) is 0 Å². The maximum Gasteiger partial charge on any atom is 0.317 e. The molecule has 28 heavy (non-hydrogen) atoms. The van der Waals surface area contributed by atoms with Crippen molar-refractivity contribution in [3.63, 3.8) is 0 Å². The van der Waals surface area contributed by atoms with Gasteiger partial charge in [-0.2, -0.15) is 0 Å². The molecule has 1 aliphatic rings. The van der Waals surface area contributed by atoms with Gasteiger partial charge in [0.15, 0.2) is 0 Å². The second kappa shape index (κ2) is 15.3. The van der Waals surface area contributed by atoms with E-state index in [4.69, 9.17) is 15.3 Å². The van der Waals surface area contributed by atoms with E-state index in [1.54, 1.807) is 0 Å². The molecule has 0 aromatic heterocycles. The summed E-state index contributed by atoms with van der Waals surface area (Å²) in [5.41, 5.74) is 0. The van der Waals surface area contributed by atoms with E-state index >= 15 is 0 Å². The lowest BCUT2D eigenvalue weighted by atomic mass is 9.79. The average molecular weight is 477 g/mol. The van der Waals surface area contributed by atoms with Crippen molar-refractivity contribution in [3.8, 4) is 0 Å². The van der Waals surface area contributed by atoms with Crippen LogP contribution in [0, 0.1) is 0 Å². The van der Waals surface area contributed by atoms with Gasteiger partial charge in [-0.1, -0.05) is 0 Å². The predicted octanol–water partition coefficient (Wildman–Crippen LogP) is -4.25. The van der Waals surface area contributed by atoms with Crippen LogP contribution in [0.4, 0.5) is 0 Å². The number of hydrogen-bond donors (Lipinski definition) is 10. The second-order valence-corrected chi connectivity index (χ2v) is 5.84. The predicted molar refractivity (Wildman–Crippen MR) is 104 cm³/mol. The van der Waals surface area contributed by atoms with Crippen LogP contribution in [0.3, 0.4) is 0 Å². The Morgan fingerprint density at radius 3 is 1.36 bits per heavy atom. The summed E-state index contributed by atoms with van der Waals surface area (Å²) in [5, 5.41) is 74.2. The molecule has 0 bridgehead atoms. The summed E-state index contributed by atoms with van der Waals surface area (Å²) < 4.78 is 0. The fourth-order valence-electron chi connectivity index (χ4n) is 2.75. The lowest BCUT2D eigenvalue weighted by Gasteiger charge is -2.46. The minimum absolute atomic E-state index is 0. The topological polar surface area (TPSA) is 212 Å². The number of rotatable bonds is 10. The molecule has 0 spiro atoms. The van der Waals surface area contributed by atoms with Crippen molar-refractivity contribution in [2.24, 2.45) is 0 Å². The highest BCUT2D eigenvalue weighted by molar-refractivity contribution is 5.86. The Morgan fingerprint density at radius 2 is 1.07 bits per heavy atom. The first-order chi connectivity index (χ1) is 11.7. The first-order valence-corrected chi connectivity index (χ1v) is 7.65. The Kier molecular flexibility index (Phi) is 17.6. The maximum atomic E-state index is 10.7. The summed E-state index contributed by atoms with van der Waals surface area (Å²) in [6.45, 7) is -1.91. The first kappa shape index (κ1) is 32.2. The van der Waals surface area contributed by atoms with Gasteiger partial charge in [-0.25, -0.2) is 0 Å². The van der Waals surface area contributed by atoms with Gasteiger partial charge in [0, 0.05) is 6.54 Å². The lowest BCUT2D eigenvalue weighted by Crippen LogP contribution is -2.74. The second-order valence-electron chi connectivity index (χ2n) is 5.84. The zero-order valence-electron chi connectivity index (χ0n) is 14.5. The van der Waals surface area contributed by atoms with Crippen molar-refractivity contribution in [1.82, 2.24) is 16.0 Å². The summed E-state index contributed by atoms with van der Waals surface area (Å²) in [6, 6.07) is -3.49. The van der Waals surface area contributed by atoms with Crippen LogP contribution in [0.15, 0.2) is 0 Å². The van der Waals surface area contributed by atoms with Gasteiger partial charge in [-0.3, -0.25) is 20.2 Å². The van der Waals surface area contributed by atoms with E-state index in [0.717, 1.165) is 0 Å². The number of aliphatic hydroxyl groups is 5. The summed E-state index contributed by atoms with van der Waals surface area (Å²) in [4.78, 5) is 21.4. The fraction of sp³-hybridized carbons (Fsp3) is 0.846. The van der Waals surface area contributed by atoms with E-state index in [1.165, 1.54) is 0 Å². The molecule has 12 nitrogen and oxygen atoms in total. The van der Waals surface area contributed by atoms with Crippen LogP contribution in [0.1, 0.15) is 0 Å². The molecule has 170 valence electrons. The Labute approximate surface area is 179 Å². The van der Waals surface area contributed by atoms with E-state index in [-0.39, 0.29) is 43.8 Å². The molecule has 1 rings (SSSR count). The molecule has 0 aliphatic heterocycles. The van der Waals surface area contributed by atoms with Gasteiger partial charge in [0.2, 0.25) is 0 Å². The minimum Gasteiger partial charge on any atom is -0.480 e. The monoisotopic (exact) mass is 475 g/mol. The van der Waals surface area contributed by atoms with Crippen molar-refractivity contribution in [1.29, 1.82) is 0 Å². The maximum absolute atomic E-state index is 10.7. The number of nitrogens with one attached hydrogen (secondary N) is 3. The van der Waals surface area contributed by atoms with E-state index in [9.17, 15) is 30.0 Å². The number of hydrogen-bond acceptors (Lipinski definition) is 10. The average Bonchev–Trinajstić information content (AvgIpc) is 2.53. The summed E-state index contributed by atoms with van der Waals surface area (Å²) in [7, 11) is 0. The number of aliphatic carboxylic acids is 2. The molecule has 0 aromatic carbocycles. The van der Waals surface area contributed by atoms with Crippen LogP contribution >= 0.6 is 37.2 Å². The van der Waals surface area contributed by atoms with Crippen LogP contribution in [-0.4, -0.2) is 116 Å². The molecule has 10 N–H and O–H groups in total. The Morgan fingerprint density at radius 1 is 0.750 bits per heavy atom. The molecule has 1 fully saturated rings. The van der Waals surface area contributed by atoms with Crippen molar-refractivity contribution >= 4 is 49.2 Å². The Balaban J connectivity index is -0.00000208. The highest BCUT2D eigenvalue weighted by Gasteiger charge is 2.49. The SMILES string of the molecule is Cl.Cl.Cl.O=C(O)CN[C@@H]1[C@H](O)[C@H](NCC(=O)O)[C@H](O)[C@H](NCC(O)CO)[C@@H]1O. The highest BCUT2D eigenvalue weighted by Crippen LogP contribution is 2.22. The number of carboxylic acid groups (broad SMARTS) is 2. The van der Waals surface area contributed by atoms with Crippen LogP contribution in [-0.2, 0) is 9.59 Å². The van der Waals surface area contributed by atoms with Crippen LogP contribution in [0.25, 0.3) is 0 Å². The van der Waals surface area contributed by atoms with Crippen molar-refractivity contribution < 1.29 is 45.3 Å².